The van der Waals surface area contributed by atoms with Crippen molar-refractivity contribution in [1.82, 2.24) is 4.90 Å². The van der Waals surface area contributed by atoms with E-state index in [1.54, 1.807) is 0 Å². The molecule has 0 radical (unpaired) electrons. The molecule has 19 heavy (non-hydrogen) atoms. The molecule has 0 spiro atoms. The lowest BCUT2D eigenvalue weighted by Crippen LogP contribution is -2.27. The summed E-state index contributed by atoms with van der Waals surface area (Å²) in [4.78, 5) is 2.57. The summed E-state index contributed by atoms with van der Waals surface area (Å²) in [5, 5.41) is 12.4. The summed E-state index contributed by atoms with van der Waals surface area (Å²) in [5.74, 6) is 0. The predicted octanol–water partition coefficient (Wildman–Crippen LogP) is 3.23. The lowest BCUT2D eigenvalue weighted by atomic mass is 10.1. The van der Waals surface area contributed by atoms with Crippen LogP contribution in [0.25, 0.3) is 0 Å². The number of nitrogens with zero attached hydrogens (tertiary/aromatic N) is 2. The SMILES string of the molecule is CCCN1CCCC(Nc2ccc(C#N)cc2)CC1. The minimum absolute atomic E-state index is 0.565. The molecule has 0 aliphatic carbocycles. The third-order valence-electron chi connectivity index (χ3n) is 3.75. The zero-order chi connectivity index (χ0) is 13.5. The fourth-order valence-corrected chi connectivity index (χ4v) is 2.72. The Balaban J connectivity index is 1.87. The van der Waals surface area contributed by atoms with Crippen LogP contribution in [0.3, 0.4) is 0 Å². The predicted molar refractivity (Wildman–Crippen MR) is 79.1 cm³/mol. The van der Waals surface area contributed by atoms with Crippen LogP contribution < -0.4 is 5.32 Å². The largest absolute Gasteiger partial charge is 0.382 e. The second kappa shape index (κ2) is 7.16. The molecule has 0 aromatic heterocycles. The van der Waals surface area contributed by atoms with Crippen LogP contribution >= 0.6 is 0 Å². The van der Waals surface area contributed by atoms with E-state index in [9.17, 15) is 0 Å². The van der Waals surface area contributed by atoms with Crippen LogP contribution in [0.1, 0.15) is 38.2 Å². The van der Waals surface area contributed by atoms with E-state index in [1.807, 2.05) is 24.3 Å². The molecular formula is C16H23N3. The molecule has 1 N–H and O–H groups in total. The minimum atomic E-state index is 0.565. The van der Waals surface area contributed by atoms with Crippen molar-refractivity contribution in [3.8, 4) is 6.07 Å². The van der Waals surface area contributed by atoms with E-state index < -0.39 is 0 Å². The van der Waals surface area contributed by atoms with Gasteiger partial charge in [-0.2, -0.15) is 5.26 Å². The standard InChI is InChI=1S/C16H23N3/c1-2-10-19-11-3-4-15(9-12-19)18-16-7-5-14(13-17)6-8-16/h5-8,15,18H,2-4,9-12H2,1H3. The van der Waals surface area contributed by atoms with Crippen molar-refractivity contribution in [2.75, 3.05) is 25.0 Å². The zero-order valence-electron chi connectivity index (χ0n) is 11.7. The van der Waals surface area contributed by atoms with E-state index in [0.717, 1.165) is 11.3 Å². The van der Waals surface area contributed by atoms with Crippen molar-refractivity contribution >= 4 is 5.69 Å². The quantitative estimate of drug-likeness (QED) is 0.900. The first kappa shape index (κ1) is 13.9. The number of hydrogen-bond donors (Lipinski definition) is 1. The first-order valence-corrected chi connectivity index (χ1v) is 7.31. The molecule has 1 aliphatic rings. The van der Waals surface area contributed by atoms with Crippen LogP contribution in [0.5, 0.6) is 0 Å². The zero-order valence-corrected chi connectivity index (χ0v) is 11.7. The summed E-state index contributed by atoms with van der Waals surface area (Å²) in [6.07, 6.45) is 4.96. The fraction of sp³-hybridized carbons (Fsp3) is 0.562. The fourth-order valence-electron chi connectivity index (χ4n) is 2.72. The van der Waals surface area contributed by atoms with Gasteiger partial charge in [-0.15, -0.1) is 0 Å². The van der Waals surface area contributed by atoms with Gasteiger partial charge in [0, 0.05) is 18.3 Å². The van der Waals surface area contributed by atoms with Gasteiger partial charge in [0.25, 0.3) is 0 Å². The lowest BCUT2D eigenvalue weighted by Gasteiger charge is -2.20. The Labute approximate surface area is 116 Å². The van der Waals surface area contributed by atoms with Crippen LogP contribution in [-0.4, -0.2) is 30.6 Å². The Bertz CT molecular complexity index is 419. The monoisotopic (exact) mass is 257 g/mol. The topological polar surface area (TPSA) is 39.1 Å². The molecular weight excluding hydrogens is 234 g/mol. The van der Waals surface area contributed by atoms with Gasteiger partial charge in [-0.05, 0) is 63.0 Å². The summed E-state index contributed by atoms with van der Waals surface area (Å²) < 4.78 is 0. The summed E-state index contributed by atoms with van der Waals surface area (Å²) in [7, 11) is 0. The van der Waals surface area contributed by atoms with Gasteiger partial charge in [0.1, 0.15) is 0 Å². The normalized spacial score (nSPS) is 20.5. The molecule has 3 heteroatoms. The van der Waals surface area contributed by atoms with Gasteiger partial charge in [-0.25, -0.2) is 0 Å². The number of likely N-dealkylation sites (tertiary alicyclic amines) is 1. The molecule has 2 rings (SSSR count). The molecule has 1 aromatic rings. The summed E-state index contributed by atoms with van der Waals surface area (Å²) in [5.41, 5.74) is 1.86. The summed E-state index contributed by atoms with van der Waals surface area (Å²) in [6, 6.07) is 10.5. The van der Waals surface area contributed by atoms with Crippen molar-refractivity contribution < 1.29 is 0 Å². The second-order valence-electron chi connectivity index (χ2n) is 5.30. The molecule has 1 aliphatic heterocycles. The van der Waals surface area contributed by atoms with Crippen LogP contribution in [-0.2, 0) is 0 Å². The molecule has 1 fully saturated rings. The van der Waals surface area contributed by atoms with Gasteiger partial charge in [0.05, 0.1) is 11.6 Å². The summed E-state index contributed by atoms with van der Waals surface area (Å²) in [6.45, 7) is 5.90. The first-order valence-electron chi connectivity index (χ1n) is 7.31. The Morgan fingerprint density at radius 1 is 1.26 bits per heavy atom. The molecule has 0 amide bonds. The van der Waals surface area contributed by atoms with Crippen LogP contribution in [0.15, 0.2) is 24.3 Å². The Morgan fingerprint density at radius 2 is 2.05 bits per heavy atom. The smallest absolute Gasteiger partial charge is 0.0991 e. The van der Waals surface area contributed by atoms with E-state index in [0.29, 0.717) is 6.04 Å². The molecule has 1 saturated heterocycles. The van der Waals surface area contributed by atoms with Crippen LogP contribution in [0.2, 0.25) is 0 Å². The number of benzene rings is 1. The summed E-state index contributed by atoms with van der Waals surface area (Å²) >= 11 is 0. The average molecular weight is 257 g/mol. The maximum absolute atomic E-state index is 8.79. The first-order chi connectivity index (χ1) is 9.31. The van der Waals surface area contributed by atoms with E-state index in [2.05, 4.69) is 23.2 Å². The third-order valence-corrected chi connectivity index (χ3v) is 3.75. The molecule has 102 valence electrons. The van der Waals surface area contributed by atoms with E-state index in [-0.39, 0.29) is 0 Å². The molecule has 0 saturated carbocycles. The maximum Gasteiger partial charge on any atom is 0.0991 e. The van der Waals surface area contributed by atoms with E-state index >= 15 is 0 Å². The van der Waals surface area contributed by atoms with Gasteiger partial charge in [-0.1, -0.05) is 6.92 Å². The second-order valence-corrected chi connectivity index (χ2v) is 5.30. The highest BCUT2D eigenvalue weighted by Crippen LogP contribution is 2.17. The van der Waals surface area contributed by atoms with Gasteiger partial charge in [0.15, 0.2) is 0 Å². The highest BCUT2D eigenvalue weighted by molar-refractivity contribution is 5.47. The molecule has 1 heterocycles. The highest BCUT2D eigenvalue weighted by atomic mass is 15.1. The van der Waals surface area contributed by atoms with Crippen LogP contribution in [0, 0.1) is 11.3 Å². The number of anilines is 1. The van der Waals surface area contributed by atoms with Gasteiger partial charge >= 0.3 is 0 Å². The number of nitriles is 1. The van der Waals surface area contributed by atoms with E-state index in [4.69, 9.17) is 5.26 Å². The van der Waals surface area contributed by atoms with E-state index in [1.165, 1.54) is 45.3 Å². The van der Waals surface area contributed by atoms with Gasteiger partial charge in [-0.3, -0.25) is 0 Å². The lowest BCUT2D eigenvalue weighted by molar-refractivity contribution is 0.285. The Hall–Kier alpha value is -1.53. The molecule has 1 atom stereocenters. The van der Waals surface area contributed by atoms with Crippen molar-refractivity contribution in [1.29, 1.82) is 5.26 Å². The van der Waals surface area contributed by atoms with Gasteiger partial charge in [0.2, 0.25) is 0 Å². The Kier molecular flexibility index (Phi) is 5.23. The number of rotatable bonds is 4. The van der Waals surface area contributed by atoms with Crippen molar-refractivity contribution in [3.05, 3.63) is 29.8 Å². The minimum Gasteiger partial charge on any atom is -0.382 e. The maximum atomic E-state index is 8.79. The molecule has 0 bridgehead atoms. The van der Waals surface area contributed by atoms with Crippen LogP contribution in [0.4, 0.5) is 5.69 Å². The average Bonchev–Trinajstić information content (AvgIpc) is 2.66. The molecule has 1 aromatic carbocycles. The highest BCUT2D eigenvalue weighted by Gasteiger charge is 2.16. The van der Waals surface area contributed by atoms with Gasteiger partial charge < -0.3 is 10.2 Å². The number of hydrogen-bond acceptors (Lipinski definition) is 3. The van der Waals surface area contributed by atoms with Crippen molar-refractivity contribution in [2.24, 2.45) is 0 Å². The van der Waals surface area contributed by atoms with Crippen molar-refractivity contribution in [2.45, 2.75) is 38.6 Å². The number of nitrogens with one attached hydrogen (secondary N) is 1. The third kappa shape index (κ3) is 4.25. The Morgan fingerprint density at radius 3 is 2.74 bits per heavy atom. The molecule has 1 unspecified atom stereocenters. The molecule has 3 nitrogen and oxygen atoms in total. The van der Waals surface area contributed by atoms with Crippen molar-refractivity contribution in [3.63, 3.8) is 0 Å².